The molecule has 0 aliphatic carbocycles. The first-order valence-corrected chi connectivity index (χ1v) is 22.1. The van der Waals surface area contributed by atoms with E-state index < -0.39 is 0 Å². The van der Waals surface area contributed by atoms with Gasteiger partial charge in [0.05, 0.1) is 27.8 Å². The van der Waals surface area contributed by atoms with Crippen LogP contribution in [-0.4, -0.2) is 15.0 Å². The summed E-state index contributed by atoms with van der Waals surface area (Å²) in [4.78, 5) is 5.77. The molecule has 0 N–H and O–H groups in total. The number of benzene rings is 10. The number of aliphatic imine (C=N–C) groups is 1. The first kappa shape index (κ1) is 35.7. The lowest BCUT2D eigenvalue weighted by molar-refractivity contribution is 1.01. The standard InChI is InChI=1S/C60H41N3/c1-2-38-35-43-18-6-11-27-52(43)61-60(57(38)44-21-13-20-42(36-44)47-26-14-19-39-15-3-7-22-46(39)47)63-54-34-31-45(37-51(54)59-49-24-9-5-17-41(49)30-33-56(59)63)62-53-28-12-10-25-50(53)58-48-23-8-4-16-40(48)29-32-55(58)62/h3-34,36-37H,2,35H2,1H3. The van der Waals surface area contributed by atoms with Gasteiger partial charge in [-0.2, -0.15) is 0 Å². The predicted molar refractivity (Wildman–Crippen MR) is 268 cm³/mol. The van der Waals surface area contributed by atoms with Gasteiger partial charge in [-0.1, -0.05) is 170 Å². The van der Waals surface area contributed by atoms with Crippen LogP contribution < -0.4 is 0 Å². The smallest absolute Gasteiger partial charge is 0.146 e. The van der Waals surface area contributed by atoms with Crippen LogP contribution in [0.3, 0.4) is 0 Å². The molecule has 12 aromatic rings. The zero-order chi connectivity index (χ0) is 41.6. The van der Waals surface area contributed by atoms with Crippen molar-refractivity contribution in [3.8, 4) is 16.8 Å². The van der Waals surface area contributed by atoms with Gasteiger partial charge in [-0.05, 0) is 116 Å². The summed E-state index contributed by atoms with van der Waals surface area (Å²) < 4.78 is 4.93. The molecule has 0 bridgehead atoms. The number of fused-ring (bicyclic) bond motifs is 12. The van der Waals surface area contributed by atoms with Gasteiger partial charge in [0.25, 0.3) is 0 Å². The second-order valence-corrected chi connectivity index (χ2v) is 16.9. The molecule has 13 rings (SSSR count). The van der Waals surface area contributed by atoms with E-state index in [1.807, 2.05) is 0 Å². The Kier molecular flexibility index (Phi) is 7.95. The van der Waals surface area contributed by atoms with Crippen LogP contribution >= 0.6 is 0 Å². The van der Waals surface area contributed by atoms with E-state index in [2.05, 4.69) is 222 Å². The van der Waals surface area contributed by atoms with E-state index in [0.717, 1.165) is 41.1 Å². The van der Waals surface area contributed by atoms with Crippen molar-refractivity contribution in [3.63, 3.8) is 0 Å². The SMILES string of the molecule is CCC1=C(c2cccc(-c3cccc4ccccc34)c2)C(n2c3ccc(-n4c5ccccc5c5c6ccccc6ccc54)cc3c3c4ccccc4ccc32)=Nc2ccccc2C1. The van der Waals surface area contributed by atoms with Crippen molar-refractivity contribution >= 4 is 93.0 Å². The average Bonchev–Trinajstić information content (AvgIpc) is 3.80. The first-order valence-electron chi connectivity index (χ1n) is 22.1. The monoisotopic (exact) mass is 803 g/mol. The first-order chi connectivity index (χ1) is 31.2. The third-order valence-electron chi connectivity index (χ3n) is 13.5. The summed E-state index contributed by atoms with van der Waals surface area (Å²) in [6.07, 6.45) is 1.73. The number of hydrogen-bond acceptors (Lipinski definition) is 1. The third kappa shape index (κ3) is 5.43. The summed E-state index contributed by atoms with van der Waals surface area (Å²) in [6, 6.07) is 75.9. The fraction of sp³-hybridized carbons (Fsp3) is 0.0500. The van der Waals surface area contributed by atoms with Gasteiger partial charge >= 0.3 is 0 Å². The van der Waals surface area contributed by atoms with Crippen LogP contribution in [0.4, 0.5) is 5.69 Å². The number of para-hydroxylation sites is 2. The summed E-state index contributed by atoms with van der Waals surface area (Å²) in [5.74, 6) is 0.957. The average molecular weight is 804 g/mol. The lowest BCUT2D eigenvalue weighted by Gasteiger charge is -2.19. The molecule has 0 saturated carbocycles. The lowest BCUT2D eigenvalue weighted by atomic mass is 9.90. The van der Waals surface area contributed by atoms with Gasteiger partial charge in [-0.3, -0.25) is 4.57 Å². The molecular formula is C60H41N3. The minimum absolute atomic E-state index is 0.834. The van der Waals surface area contributed by atoms with Crippen LogP contribution in [0.2, 0.25) is 0 Å². The summed E-state index contributed by atoms with van der Waals surface area (Å²) in [7, 11) is 0. The molecule has 0 atom stereocenters. The molecule has 0 radical (unpaired) electrons. The fourth-order valence-electron chi connectivity index (χ4n) is 10.7. The van der Waals surface area contributed by atoms with Crippen molar-refractivity contribution in [2.75, 3.05) is 0 Å². The highest BCUT2D eigenvalue weighted by Crippen LogP contribution is 2.43. The lowest BCUT2D eigenvalue weighted by Crippen LogP contribution is -2.15. The van der Waals surface area contributed by atoms with Crippen LogP contribution in [0.25, 0.3) is 98.3 Å². The molecule has 2 aromatic heterocycles. The quantitative estimate of drug-likeness (QED) is 0.169. The maximum atomic E-state index is 5.77. The maximum Gasteiger partial charge on any atom is 0.146 e. The highest BCUT2D eigenvalue weighted by Gasteiger charge is 2.27. The van der Waals surface area contributed by atoms with E-state index in [-0.39, 0.29) is 0 Å². The van der Waals surface area contributed by atoms with Crippen molar-refractivity contribution in [2.45, 2.75) is 19.8 Å². The Balaban J connectivity index is 1.11. The van der Waals surface area contributed by atoms with Crippen LogP contribution in [0.5, 0.6) is 0 Å². The second kappa shape index (κ2) is 14.0. The number of aromatic nitrogens is 2. The Labute approximate surface area is 365 Å². The van der Waals surface area contributed by atoms with Gasteiger partial charge in [-0.25, -0.2) is 4.99 Å². The van der Waals surface area contributed by atoms with Crippen molar-refractivity contribution < 1.29 is 0 Å². The molecule has 0 unspecified atom stereocenters. The van der Waals surface area contributed by atoms with Gasteiger partial charge in [-0.15, -0.1) is 0 Å². The molecule has 1 aliphatic heterocycles. The Morgan fingerprint density at radius 3 is 1.78 bits per heavy atom. The van der Waals surface area contributed by atoms with Crippen molar-refractivity contribution in [3.05, 3.63) is 223 Å². The van der Waals surface area contributed by atoms with Crippen molar-refractivity contribution in [2.24, 2.45) is 4.99 Å². The number of hydrogen-bond donors (Lipinski definition) is 0. The van der Waals surface area contributed by atoms with E-state index in [4.69, 9.17) is 4.99 Å². The molecule has 0 amide bonds. The Morgan fingerprint density at radius 1 is 0.429 bits per heavy atom. The second-order valence-electron chi connectivity index (χ2n) is 16.9. The minimum atomic E-state index is 0.834. The molecule has 63 heavy (non-hydrogen) atoms. The summed E-state index contributed by atoms with van der Waals surface area (Å²) in [5, 5.41) is 12.5. The summed E-state index contributed by atoms with van der Waals surface area (Å²) >= 11 is 0. The third-order valence-corrected chi connectivity index (χ3v) is 13.5. The Morgan fingerprint density at radius 2 is 1.00 bits per heavy atom. The predicted octanol–water partition coefficient (Wildman–Crippen LogP) is 16.0. The number of rotatable bonds is 4. The molecule has 0 fully saturated rings. The molecule has 10 aromatic carbocycles. The molecule has 3 heteroatoms. The zero-order valence-corrected chi connectivity index (χ0v) is 34.9. The van der Waals surface area contributed by atoms with Gasteiger partial charge in [0, 0.05) is 32.8 Å². The molecular weight excluding hydrogens is 763 g/mol. The van der Waals surface area contributed by atoms with Crippen LogP contribution in [-0.2, 0) is 6.42 Å². The summed E-state index contributed by atoms with van der Waals surface area (Å²) in [5.41, 5.74) is 14.3. The topological polar surface area (TPSA) is 22.2 Å². The van der Waals surface area contributed by atoms with Gasteiger partial charge in [0.2, 0.25) is 0 Å². The maximum absolute atomic E-state index is 5.77. The Bertz CT molecular complexity index is 3920. The molecule has 296 valence electrons. The van der Waals surface area contributed by atoms with E-state index >= 15 is 0 Å². The van der Waals surface area contributed by atoms with E-state index in [9.17, 15) is 0 Å². The van der Waals surface area contributed by atoms with Gasteiger partial charge in [0.1, 0.15) is 5.84 Å². The van der Waals surface area contributed by atoms with Gasteiger partial charge < -0.3 is 4.57 Å². The van der Waals surface area contributed by atoms with E-state index in [1.165, 1.54) is 98.3 Å². The van der Waals surface area contributed by atoms with Crippen LogP contribution in [0.15, 0.2) is 217 Å². The van der Waals surface area contributed by atoms with Crippen LogP contribution in [0.1, 0.15) is 24.5 Å². The molecule has 3 heterocycles. The van der Waals surface area contributed by atoms with Crippen molar-refractivity contribution in [1.29, 1.82) is 0 Å². The van der Waals surface area contributed by atoms with Crippen LogP contribution in [0, 0.1) is 0 Å². The highest BCUT2D eigenvalue weighted by atomic mass is 15.1. The molecule has 0 spiro atoms. The Hall–Kier alpha value is -8.01. The van der Waals surface area contributed by atoms with E-state index in [1.54, 1.807) is 0 Å². The summed E-state index contributed by atoms with van der Waals surface area (Å²) in [6.45, 7) is 2.30. The number of nitrogens with zero attached hydrogens (tertiary/aromatic N) is 3. The molecule has 1 aliphatic rings. The van der Waals surface area contributed by atoms with E-state index in [0.29, 0.717) is 0 Å². The number of allylic oxidation sites excluding steroid dienone is 2. The van der Waals surface area contributed by atoms with Crippen molar-refractivity contribution in [1.82, 2.24) is 9.13 Å². The highest BCUT2D eigenvalue weighted by molar-refractivity contribution is 6.33. The molecule has 3 nitrogen and oxygen atoms in total. The minimum Gasteiger partial charge on any atom is -0.309 e. The largest absolute Gasteiger partial charge is 0.309 e. The van der Waals surface area contributed by atoms with Gasteiger partial charge in [0.15, 0.2) is 0 Å². The molecule has 0 saturated heterocycles. The normalized spacial score (nSPS) is 13.2. The zero-order valence-electron chi connectivity index (χ0n) is 34.9. The fourth-order valence-corrected chi connectivity index (χ4v) is 10.7.